The van der Waals surface area contributed by atoms with Crippen LogP contribution in [0.5, 0.6) is 0 Å². The van der Waals surface area contributed by atoms with E-state index in [0.717, 1.165) is 36.0 Å². The fourth-order valence-electron chi connectivity index (χ4n) is 8.16. The Morgan fingerprint density at radius 3 is 1.68 bits per heavy atom. The summed E-state index contributed by atoms with van der Waals surface area (Å²) < 4.78 is 6.59. The number of benzene rings is 3. The third-order valence-electron chi connectivity index (χ3n) is 11.6. The van der Waals surface area contributed by atoms with Gasteiger partial charge < -0.3 is 14.7 Å². The summed E-state index contributed by atoms with van der Waals surface area (Å²) in [7, 11) is 3.64. The Hall–Kier alpha value is -3.19. The molecule has 53 heavy (non-hydrogen) atoms. The molecule has 0 radical (unpaired) electrons. The molecule has 0 saturated carbocycles. The first-order chi connectivity index (χ1) is 25.6. The number of esters is 1. The normalized spacial score (nSPS) is 18.8. The molecule has 0 aliphatic carbocycles. The maximum absolute atomic E-state index is 14.4. The Morgan fingerprint density at radius 1 is 0.736 bits per heavy atom. The van der Waals surface area contributed by atoms with Gasteiger partial charge in [-0.15, -0.1) is 0 Å². The Labute approximate surface area is 325 Å². The molecule has 0 aromatic heterocycles. The van der Waals surface area contributed by atoms with Crippen LogP contribution in [0.2, 0.25) is 5.02 Å². The average molecular weight is 746 g/mol. The highest BCUT2D eigenvalue weighted by Gasteiger charge is 2.48. The first kappa shape index (κ1) is 42.6. The molecule has 7 heteroatoms. The number of carbonyl (C=O) groups is 2. The number of quaternary nitrogens is 1. The van der Waals surface area contributed by atoms with Gasteiger partial charge in [-0.2, -0.15) is 0 Å². The first-order valence-corrected chi connectivity index (χ1v) is 20.8. The summed E-state index contributed by atoms with van der Waals surface area (Å²) in [5, 5.41) is 12.5. The van der Waals surface area contributed by atoms with E-state index in [1.54, 1.807) is 4.90 Å². The van der Waals surface area contributed by atoms with Gasteiger partial charge in [0, 0.05) is 44.8 Å². The molecule has 4 rings (SSSR count). The molecule has 6 nitrogen and oxygen atoms in total. The maximum Gasteiger partial charge on any atom is 0.310 e. The Morgan fingerprint density at radius 2 is 1.21 bits per heavy atom. The zero-order valence-corrected chi connectivity index (χ0v) is 33.6. The molecule has 3 aromatic rings. The van der Waals surface area contributed by atoms with E-state index in [9.17, 15) is 14.7 Å². The lowest BCUT2D eigenvalue weighted by molar-refractivity contribution is -0.950. The third kappa shape index (κ3) is 12.4. The van der Waals surface area contributed by atoms with E-state index in [-0.39, 0.29) is 18.6 Å². The fraction of sp³-hybridized carbons (Fsp3) is 0.565. The monoisotopic (exact) mass is 745 g/mol. The average Bonchev–Trinajstić information content (AvgIpc) is 3.18. The lowest BCUT2D eigenvalue weighted by Gasteiger charge is -2.47. The largest absolute Gasteiger partial charge is 0.415 e. The van der Waals surface area contributed by atoms with Crippen LogP contribution in [0.15, 0.2) is 84.9 Å². The van der Waals surface area contributed by atoms with Crippen LogP contribution in [0.1, 0.15) is 133 Å². The summed E-state index contributed by atoms with van der Waals surface area (Å²) in [6, 6.07) is 27.6. The minimum Gasteiger partial charge on any atom is -0.415 e. The highest BCUT2D eigenvalue weighted by atomic mass is 35.5. The van der Waals surface area contributed by atoms with E-state index in [0.29, 0.717) is 54.8 Å². The fourth-order valence-corrected chi connectivity index (χ4v) is 8.28. The molecule has 1 heterocycles. The lowest BCUT2D eigenvalue weighted by atomic mass is 9.70. The van der Waals surface area contributed by atoms with Crippen LogP contribution in [-0.4, -0.2) is 66.8 Å². The number of likely N-dealkylation sites (N-methyl/N-ethyl adjacent to an activating group) is 1. The van der Waals surface area contributed by atoms with Gasteiger partial charge in [0.1, 0.15) is 11.0 Å². The van der Waals surface area contributed by atoms with Crippen molar-refractivity contribution >= 4 is 23.5 Å². The van der Waals surface area contributed by atoms with Crippen LogP contribution in [-0.2, 0) is 25.3 Å². The molecule has 1 aliphatic rings. The standard InChI is InChI=1S/C46H66ClN2O4/c1-4-5-6-7-8-9-10-11-12-13-14-15-22-27-43(50)53-38-49(35-32-45(52,33-36-49)39-28-30-42(47)31-29-39)37-34-46(44(51)48(2)3,40-23-18-16-19-24-40)41-25-20-17-21-26-41/h16-21,23-26,28-31,52H,4-15,22,27,32-38H2,1-3H3/q+1. The van der Waals surface area contributed by atoms with Crippen LogP contribution in [0, 0.1) is 0 Å². The van der Waals surface area contributed by atoms with Crippen LogP contribution in [0.3, 0.4) is 0 Å². The number of nitrogens with zero attached hydrogens (tertiary/aromatic N) is 2. The van der Waals surface area contributed by atoms with Crippen molar-refractivity contribution in [3.63, 3.8) is 0 Å². The van der Waals surface area contributed by atoms with Crippen molar-refractivity contribution in [2.45, 2.75) is 127 Å². The van der Waals surface area contributed by atoms with E-state index in [1.807, 2.05) is 99.0 Å². The molecule has 0 atom stereocenters. The number of amides is 1. The molecule has 1 aliphatic heterocycles. The number of hydrogen-bond acceptors (Lipinski definition) is 4. The predicted molar refractivity (Wildman–Crippen MR) is 218 cm³/mol. The van der Waals surface area contributed by atoms with E-state index >= 15 is 0 Å². The van der Waals surface area contributed by atoms with Gasteiger partial charge in [0.05, 0.1) is 19.6 Å². The second kappa shape index (κ2) is 21.6. The highest BCUT2D eigenvalue weighted by molar-refractivity contribution is 6.30. The van der Waals surface area contributed by atoms with Crippen molar-refractivity contribution < 1.29 is 23.9 Å². The summed E-state index contributed by atoms with van der Waals surface area (Å²) in [6.07, 6.45) is 18.4. The summed E-state index contributed by atoms with van der Waals surface area (Å²) in [5.41, 5.74) is 0.805. The molecule has 1 N–H and O–H groups in total. The van der Waals surface area contributed by atoms with Crippen LogP contribution >= 0.6 is 11.6 Å². The number of piperidine rings is 1. The summed E-state index contributed by atoms with van der Waals surface area (Å²) >= 11 is 6.18. The number of ether oxygens (including phenoxy) is 1. The topological polar surface area (TPSA) is 66.8 Å². The number of unbranched alkanes of at least 4 members (excludes halogenated alkanes) is 12. The second-order valence-electron chi connectivity index (χ2n) is 15.8. The molecule has 1 amide bonds. The SMILES string of the molecule is CCCCCCCCCCCCCCCC(=O)OC[N+]1(CCC(C(=O)N(C)C)(c2ccccc2)c2ccccc2)CCC(O)(c2ccc(Cl)cc2)CC1. The number of likely N-dealkylation sites (tertiary alicyclic amines) is 1. The zero-order valence-electron chi connectivity index (χ0n) is 32.9. The molecular weight excluding hydrogens is 680 g/mol. The minimum absolute atomic E-state index is 0.0159. The van der Waals surface area contributed by atoms with Crippen molar-refractivity contribution in [3.05, 3.63) is 107 Å². The molecule has 3 aromatic carbocycles. The van der Waals surface area contributed by atoms with E-state index < -0.39 is 11.0 Å². The molecule has 0 unspecified atom stereocenters. The van der Waals surface area contributed by atoms with Gasteiger partial charge >= 0.3 is 5.97 Å². The van der Waals surface area contributed by atoms with Crippen molar-refractivity contribution in [1.82, 2.24) is 4.90 Å². The number of halogens is 1. The number of carbonyl (C=O) groups excluding carboxylic acids is 2. The minimum atomic E-state index is -1.000. The smallest absolute Gasteiger partial charge is 0.310 e. The molecule has 0 spiro atoms. The Balaban J connectivity index is 1.41. The van der Waals surface area contributed by atoms with Gasteiger partial charge in [0.2, 0.25) is 12.6 Å². The number of rotatable bonds is 23. The van der Waals surface area contributed by atoms with Crippen LogP contribution < -0.4 is 0 Å². The van der Waals surface area contributed by atoms with E-state index in [2.05, 4.69) is 6.92 Å². The van der Waals surface area contributed by atoms with Gasteiger partial charge in [-0.05, 0) is 35.2 Å². The molecule has 1 fully saturated rings. The van der Waals surface area contributed by atoms with Crippen LogP contribution in [0.4, 0.5) is 0 Å². The zero-order chi connectivity index (χ0) is 38.0. The predicted octanol–water partition coefficient (Wildman–Crippen LogP) is 10.6. The number of hydrogen-bond donors (Lipinski definition) is 1. The van der Waals surface area contributed by atoms with Gasteiger partial charge in [0.15, 0.2) is 0 Å². The van der Waals surface area contributed by atoms with Crippen molar-refractivity contribution in [3.8, 4) is 0 Å². The van der Waals surface area contributed by atoms with Gasteiger partial charge in [-0.25, -0.2) is 0 Å². The summed E-state index contributed by atoms with van der Waals surface area (Å²) in [6.45, 7) is 4.32. The van der Waals surface area contributed by atoms with Crippen molar-refractivity contribution in [1.29, 1.82) is 0 Å². The second-order valence-corrected chi connectivity index (χ2v) is 16.2. The first-order valence-electron chi connectivity index (χ1n) is 20.5. The lowest BCUT2D eigenvalue weighted by Crippen LogP contribution is -2.60. The Kier molecular flexibility index (Phi) is 17.4. The van der Waals surface area contributed by atoms with Crippen LogP contribution in [0.25, 0.3) is 0 Å². The molecule has 1 saturated heterocycles. The maximum atomic E-state index is 14.4. The van der Waals surface area contributed by atoms with E-state index in [1.165, 1.54) is 64.2 Å². The van der Waals surface area contributed by atoms with Gasteiger partial charge in [0.25, 0.3) is 0 Å². The third-order valence-corrected chi connectivity index (χ3v) is 11.9. The molecule has 0 bridgehead atoms. The van der Waals surface area contributed by atoms with Gasteiger partial charge in [-0.1, -0.05) is 168 Å². The number of aliphatic hydroxyl groups is 1. The highest BCUT2D eigenvalue weighted by Crippen LogP contribution is 2.41. The van der Waals surface area contributed by atoms with Crippen molar-refractivity contribution in [2.24, 2.45) is 0 Å². The molecule has 290 valence electrons. The summed E-state index contributed by atoms with van der Waals surface area (Å²) in [5.74, 6) is -0.145. The molecular formula is C46H66ClN2O4+. The van der Waals surface area contributed by atoms with Crippen molar-refractivity contribution in [2.75, 3.05) is 40.5 Å². The van der Waals surface area contributed by atoms with Gasteiger partial charge in [-0.3, -0.25) is 14.1 Å². The quantitative estimate of drug-likeness (QED) is 0.0596. The Bertz CT molecular complexity index is 1450. The van der Waals surface area contributed by atoms with E-state index in [4.69, 9.17) is 16.3 Å². The summed E-state index contributed by atoms with van der Waals surface area (Å²) in [4.78, 5) is 29.3.